The van der Waals surface area contributed by atoms with Crippen LogP contribution >= 0.6 is 11.8 Å². The van der Waals surface area contributed by atoms with E-state index in [1.54, 1.807) is 0 Å². The third-order valence-electron chi connectivity index (χ3n) is 2.23. The van der Waals surface area contributed by atoms with E-state index in [0.29, 0.717) is 5.25 Å². The van der Waals surface area contributed by atoms with E-state index in [2.05, 4.69) is 23.3 Å². The summed E-state index contributed by atoms with van der Waals surface area (Å²) < 4.78 is 0. The van der Waals surface area contributed by atoms with Gasteiger partial charge in [0, 0.05) is 24.0 Å². The summed E-state index contributed by atoms with van der Waals surface area (Å²) in [6.45, 7) is 3.33. The fraction of sp³-hybridized carbons (Fsp3) is 0.545. The number of rotatable bonds is 5. The second-order valence-corrected chi connectivity index (χ2v) is 5.24. The van der Waals surface area contributed by atoms with E-state index in [0.717, 1.165) is 17.6 Å². The zero-order valence-electron chi connectivity index (χ0n) is 8.44. The van der Waals surface area contributed by atoms with Crippen LogP contribution in [0.15, 0.2) is 29.4 Å². The zero-order chi connectivity index (χ0) is 9.80. The SMILES string of the molecule is CC(CNC1CC1)Sc1ccccn1. The van der Waals surface area contributed by atoms with Crippen LogP contribution in [0.5, 0.6) is 0 Å². The Balaban J connectivity index is 1.73. The van der Waals surface area contributed by atoms with Crippen molar-refractivity contribution in [3.63, 3.8) is 0 Å². The van der Waals surface area contributed by atoms with E-state index < -0.39 is 0 Å². The van der Waals surface area contributed by atoms with Gasteiger partial charge in [-0.1, -0.05) is 13.0 Å². The molecule has 2 rings (SSSR count). The fourth-order valence-electron chi connectivity index (χ4n) is 1.28. The summed E-state index contributed by atoms with van der Waals surface area (Å²) in [5, 5.41) is 5.25. The van der Waals surface area contributed by atoms with Gasteiger partial charge in [0.05, 0.1) is 5.03 Å². The van der Waals surface area contributed by atoms with Crippen molar-refractivity contribution >= 4 is 11.8 Å². The molecule has 1 saturated carbocycles. The number of nitrogens with zero attached hydrogens (tertiary/aromatic N) is 1. The summed E-state index contributed by atoms with van der Waals surface area (Å²) in [6, 6.07) is 6.87. The van der Waals surface area contributed by atoms with Crippen molar-refractivity contribution in [2.24, 2.45) is 0 Å². The van der Waals surface area contributed by atoms with Gasteiger partial charge in [-0.25, -0.2) is 4.98 Å². The molecule has 1 aromatic rings. The van der Waals surface area contributed by atoms with Crippen molar-refractivity contribution in [3.05, 3.63) is 24.4 Å². The third kappa shape index (κ3) is 3.31. The van der Waals surface area contributed by atoms with Gasteiger partial charge in [0.1, 0.15) is 0 Å². The largest absolute Gasteiger partial charge is 0.313 e. The highest BCUT2D eigenvalue weighted by Crippen LogP contribution is 2.22. The maximum absolute atomic E-state index is 4.30. The van der Waals surface area contributed by atoms with Gasteiger partial charge in [0.2, 0.25) is 0 Å². The summed E-state index contributed by atoms with van der Waals surface area (Å²) in [7, 11) is 0. The molecule has 0 radical (unpaired) electrons. The summed E-state index contributed by atoms with van der Waals surface area (Å²) >= 11 is 1.84. The molecule has 1 N–H and O–H groups in total. The molecular formula is C11H16N2S. The smallest absolute Gasteiger partial charge is 0.0962 e. The van der Waals surface area contributed by atoms with Gasteiger partial charge in [-0.3, -0.25) is 0 Å². The van der Waals surface area contributed by atoms with Crippen LogP contribution in [0.2, 0.25) is 0 Å². The van der Waals surface area contributed by atoms with Gasteiger partial charge in [0.15, 0.2) is 0 Å². The first-order chi connectivity index (χ1) is 6.84. The normalized spacial score (nSPS) is 18.1. The van der Waals surface area contributed by atoms with Gasteiger partial charge in [-0.05, 0) is 25.0 Å². The van der Waals surface area contributed by atoms with Gasteiger partial charge in [-0.15, -0.1) is 11.8 Å². The molecule has 14 heavy (non-hydrogen) atoms. The number of pyridine rings is 1. The first-order valence-corrected chi connectivity index (χ1v) is 6.03. The van der Waals surface area contributed by atoms with Crippen LogP contribution in [0.1, 0.15) is 19.8 Å². The monoisotopic (exact) mass is 208 g/mol. The molecule has 1 heterocycles. The lowest BCUT2D eigenvalue weighted by Gasteiger charge is -2.10. The van der Waals surface area contributed by atoms with E-state index in [1.807, 2.05) is 30.1 Å². The molecule has 1 unspecified atom stereocenters. The van der Waals surface area contributed by atoms with E-state index in [4.69, 9.17) is 0 Å². The van der Waals surface area contributed by atoms with Crippen LogP contribution in [0.3, 0.4) is 0 Å². The molecule has 0 spiro atoms. The number of nitrogens with one attached hydrogen (secondary N) is 1. The molecule has 0 aromatic carbocycles. The first kappa shape index (κ1) is 9.99. The van der Waals surface area contributed by atoms with Crippen molar-refractivity contribution in [2.45, 2.75) is 36.1 Å². The first-order valence-electron chi connectivity index (χ1n) is 5.15. The predicted octanol–water partition coefficient (Wildman–Crippen LogP) is 2.31. The lowest BCUT2D eigenvalue weighted by Crippen LogP contribution is -2.24. The molecule has 0 amide bonds. The fourth-order valence-corrected chi connectivity index (χ4v) is 2.16. The van der Waals surface area contributed by atoms with Crippen LogP contribution in [0.4, 0.5) is 0 Å². The quantitative estimate of drug-likeness (QED) is 0.752. The van der Waals surface area contributed by atoms with Crippen LogP contribution in [0.25, 0.3) is 0 Å². The molecule has 3 heteroatoms. The average Bonchev–Trinajstić information content (AvgIpc) is 3.00. The van der Waals surface area contributed by atoms with E-state index in [9.17, 15) is 0 Å². The van der Waals surface area contributed by atoms with Gasteiger partial charge < -0.3 is 5.32 Å². The maximum Gasteiger partial charge on any atom is 0.0962 e. The Labute approximate surface area is 89.5 Å². The van der Waals surface area contributed by atoms with Crippen molar-refractivity contribution < 1.29 is 0 Å². The van der Waals surface area contributed by atoms with Gasteiger partial charge >= 0.3 is 0 Å². The molecule has 0 saturated heterocycles. The van der Waals surface area contributed by atoms with E-state index in [1.165, 1.54) is 12.8 Å². The molecule has 1 aliphatic rings. The van der Waals surface area contributed by atoms with Crippen molar-refractivity contribution in [3.8, 4) is 0 Å². The van der Waals surface area contributed by atoms with Gasteiger partial charge in [-0.2, -0.15) is 0 Å². The maximum atomic E-state index is 4.30. The molecule has 1 fully saturated rings. The minimum atomic E-state index is 0.602. The Morgan fingerprint density at radius 1 is 1.57 bits per heavy atom. The van der Waals surface area contributed by atoms with Crippen molar-refractivity contribution in [2.75, 3.05) is 6.54 Å². The number of thioether (sulfide) groups is 1. The molecule has 1 aliphatic carbocycles. The Morgan fingerprint density at radius 2 is 2.43 bits per heavy atom. The Morgan fingerprint density at radius 3 is 3.07 bits per heavy atom. The number of hydrogen-bond donors (Lipinski definition) is 1. The van der Waals surface area contributed by atoms with Crippen LogP contribution in [-0.4, -0.2) is 22.8 Å². The highest BCUT2D eigenvalue weighted by molar-refractivity contribution is 7.99. The van der Waals surface area contributed by atoms with Crippen LogP contribution in [0, 0.1) is 0 Å². The lowest BCUT2D eigenvalue weighted by atomic mass is 10.4. The molecule has 76 valence electrons. The molecule has 2 nitrogen and oxygen atoms in total. The lowest BCUT2D eigenvalue weighted by molar-refractivity contribution is 0.678. The topological polar surface area (TPSA) is 24.9 Å². The summed E-state index contributed by atoms with van der Waals surface area (Å²) in [4.78, 5) is 4.30. The van der Waals surface area contributed by atoms with E-state index >= 15 is 0 Å². The molecule has 1 aromatic heterocycles. The summed E-state index contributed by atoms with van der Waals surface area (Å²) in [5.74, 6) is 0. The number of aromatic nitrogens is 1. The minimum absolute atomic E-state index is 0.602. The van der Waals surface area contributed by atoms with Crippen molar-refractivity contribution in [1.29, 1.82) is 0 Å². The molecular weight excluding hydrogens is 192 g/mol. The Kier molecular flexibility index (Phi) is 3.43. The third-order valence-corrected chi connectivity index (χ3v) is 3.28. The molecule has 0 aliphatic heterocycles. The molecule has 0 bridgehead atoms. The van der Waals surface area contributed by atoms with Crippen molar-refractivity contribution in [1.82, 2.24) is 10.3 Å². The average molecular weight is 208 g/mol. The van der Waals surface area contributed by atoms with E-state index in [-0.39, 0.29) is 0 Å². The summed E-state index contributed by atoms with van der Waals surface area (Å²) in [6.07, 6.45) is 4.57. The number of hydrogen-bond acceptors (Lipinski definition) is 3. The van der Waals surface area contributed by atoms with Crippen LogP contribution < -0.4 is 5.32 Å². The Bertz CT molecular complexity index is 272. The highest BCUT2D eigenvalue weighted by atomic mass is 32.2. The second-order valence-electron chi connectivity index (χ2n) is 3.78. The Hall–Kier alpha value is -0.540. The highest BCUT2D eigenvalue weighted by Gasteiger charge is 2.20. The summed E-state index contributed by atoms with van der Waals surface area (Å²) in [5.41, 5.74) is 0. The minimum Gasteiger partial charge on any atom is -0.313 e. The van der Waals surface area contributed by atoms with Crippen LogP contribution in [-0.2, 0) is 0 Å². The van der Waals surface area contributed by atoms with Gasteiger partial charge in [0.25, 0.3) is 0 Å². The standard InChI is InChI=1S/C11H16N2S/c1-9(8-13-10-5-6-10)14-11-4-2-3-7-12-11/h2-4,7,9-10,13H,5-6,8H2,1H3. The zero-order valence-corrected chi connectivity index (χ0v) is 9.26. The second kappa shape index (κ2) is 4.80. The molecule has 1 atom stereocenters. The predicted molar refractivity (Wildman–Crippen MR) is 60.6 cm³/mol.